The molecule has 1 aromatic carbocycles. The second-order valence-electron chi connectivity index (χ2n) is 3.87. The van der Waals surface area contributed by atoms with Crippen LogP contribution in [-0.4, -0.2) is 35.6 Å². The van der Waals surface area contributed by atoms with E-state index in [0.717, 1.165) is 18.0 Å². The number of hydrogen-bond acceptors (Lipinski definition) is 2. The first-order valence-electron chi connectivity index (χ1n) is 5.22. The van der Waals surface area contributed by atoms with Gasteiger partial charge in [0.05, 0.1) is 5.56 Å². The third kappa shape index (κ3) is 4.11. The molecule has 0 aromatic heterocycles. The Morgan fingerprint density at radius 2 is 1.95 bits per heavy atom. The summed E-state index contributed by atoms with van der Waals surface area (Å²) in [5.41, 5.74) is -1.81. The van der Waals surface area contributed by atoms with Crippen LogP contribution in [0.25, 0.3) is 0 Å². The minimum Gasteiger partial charge on any atom is -0.480 e. The normalized spacial score (nSPS) is 11.1. The molecule has 1 rings (SSSR count). The number of amides is 2. The molecular formula is C11H10F4N2O3. The smallest absolute Gasteiger partial charge is 0.419 e. The molecule has 0 radical (unpaired) electrons. The van der Waals surface area contributed by atoms with Crippen LogP contribution in [0.2, 0.25) is 0 Å². The number of aliphatic carboxylic acids is 1. The minimum atomic E-state index is -4.89. The van der Waals surface area contributed by atoms with Crippen molar-refractivity contribution in [1.82, 2.24) is 4.90 Å². The van der Waals surface area contributed by atoms with Crippen molar-refractivity contribution in [2.45, 2.75) is 6.18 Å². The molecule has 1 aromatic rings. The summed E-state index contributed by atoms with van der Waals surface area (Å²) in [5.74, 6) is -2.74. The molecule has 0 fully saturated rings. The number of benzene rings is 1. The average Bonchev–Trinajstić information content (AvgIpc) is 2.29. The lowest BCUT2D eigenvalue weighted by Crippen LogP contribution is -2.35. The number of halogens is 4. The molecule has 0 aliphatic carbocycles. The fraction of sp³-hybridized carbons (Fsp3) is 0.273. The van der Waals surface area contributed by atoms with Gasteiger partial charge < -0.3 is 15.3 Å². The maximum Gasteiger partial charge on any atom is 0.419 e. The SMILES string of the molecule is CN(CC(=O)O)C(=O)Nc1ccc(F)c(C(F)(F)F)c1. The lowest BCUT2D eigenvalue weighted by molar-refractivity contribution is -0.140. The van der Waals surface area contributed by atoms with Gasteiger partial charge in [0.15, 0.2) is 0 Å². The first-order chi connectivity index (χ1) is 9.11. The number of urea groups is 1. The Labute approximate surface area is 110 Å². The molecule has 0 aliphatic heterocycles. The van der Waals surface area contributed by atoms with Gasteiger partial charge >= 0.3 is 18.2 Å². The molecular weight excluding hydrogens is 284 g/mol. The molecule has 0 heterocycles. The van der Waals surface area contributed by atoms with Crippen molar-refractivity contribution in [3.8, 4) is 0 Å². The van der Waals surface area contributed by atoms with Crippen LogP contribution in [0.5, 0.6) is 0 Å². The molecule has 0 bridgehead atoms. The van der Waals surface area contributed by atoms with Gasteiger partial charge in [-0.3, -0.25) is 4.79 Å². The van der Waals surface area contributed by atoms with Crippen LogP contribution in [0, 0.1) is 5.82 Å². The van der Waals surface area contributed by atoms with E-state index in [1.54, 1.807) is 0 Å². The summed E-state index contributed by atoms with van der Waals surface area (Å²) in [5, 5.41) is 10.5. The van der Waals surface area contributed by atoms with Gasteiger partial charge in [-0.2, -0.15) is 13.2 Å². The molecule has 2 N–H and O–H groups in total. The summed E-state index contributed by atoms with van der Waals surface area (Å²) in [4.78, 5) is 22.6. The molecule has 0 aliphatic rings. The van der Waals surface area contributed by atoms with E-state index in [-0.39, 0.29) is 5.69 Å². The van der Waals surface area contributed by atoms with Crippen molar-refractivity contribution < 1.29 is 32.3 Å². The highest BCUT2D eigenvalue weighted by Gasteiger charge is 2.34. The predicted octanol–water partition coefficient (Wildman–Crippen LogP) is 2.39. The van der Waals surface area contributed by atoms with E-state index in [9.17, 15) is 27.2 Å². The molecule has 0 atom stereocenters. The van der Waals surface area contributed by atoms with Crippen LogP contribution in [-0.2, 0) is 11.0 Å². The molecule has 20 heavy (non-hydrogen) atoms. The highest BCUT2D eigenvalue weighted by molar-refractivity contribution is 5.91. The van der Waals surface area contributed by atoms with Gasteiger partial charge in [-0.25, -0.2) is 9.18 Å². The number of anilines is 1. The number of nitrogens with one attached hydrogen (secondary N) is 1. The van der Waals surface area contributed by atoms with Crippen LogP contribution in [0.4, 0.5) is 28.0 Å². The molecule has 0 saturated heterocycles. The quantitative estimate of drug-likeness (QED) is 0.841. The van der Waals surface area contributed by atoms with Crippen molar-refractivity contribution in [1.29, 1.82) is 0 Å². The molecule has 0 unspecified atom stereocenters. The Kier molecular flexibility index (Phi) is 4.53. The number of hydrogen-bond donors (Lipinski definition) is 2. The van der Waals surface area contributed by atoms with Crippen LogP contribution < -0.4 is 5.32 Å². The first kappa shape index (κ1) is 15.7. The van der Waals surface area contributed by atoms with Gasteiger partial charge in [-0.1, -0.05) is 0 Å². The number of likely N-dealkylation sites (N-methyl/N-ethyl adjacent to an activating group) is 1. The number of rotatable bonds is 3. The van der Waals surface area contributed by atoms with Crippen molar-refractivity contribution >= 4 is 17.7 Å². The van der Waals surface area contributed by atoms with E-state index in [2.05, 4.69) is 0 Å². The number of carboxylic acids is 1. The van der Waals surface area contributed by atoms with E-state index >= 15 is 0 Å². The van der Waals surface area contributed by atoms with Gasteiger partial charge in [0.2, 0.25) is 0 Å². The van der Waals surface area contributed by atoms with Crippen molar-refractivity contribution in [2.24, 2.45) is 0 Å². The summed E-state index contributed by atoms with van der Waals surface area (Å²) in [6.45, 7) is -0.626. The minimum absolute atomic E-state index is 0.291. The van der Waals surface area contributed by atoms with Crippen molar-refractivity contribution in [2.75, 3.05) is 18.9 Å². The zero-order valence-electron chi connectivity index (χ0n) is 10.2. The van der Waals surface area contributed by atoms with Gasteiger partial charge in [-0.05, 0) is 18.2 Å². The molecule has 9 heteroatoms. The molecule has 2 amide bonds. The summed E-state index contributed by atoms with van der Waals surface area (Å²) < 4.78 is 50.4. The van der Waals surface area contributed by atoms with E-state index in [0.29, 0.717) is 12.1 Å². The molecule has 110 valence electrons. The standard InChI is InChI=1S/C11H10F4N2O3/c1-17(5-9(18)19)10(20)16-6-2-3-8(12)7(4-6)11(13,14)15/h2-4H,5H2,1H3,(H,16,20)(H,18,19). The Hall–Kier alpha value is -2.32. The third-order valence-electron chi connectivity index (χ3n) is 2.24. The van der Waals surface area contributed by atoms with E-state index in [1.807, 2.05) is 5.32 Å². The highest BCUT2D eigenvalue weighted by Crippen LogP contribution is 2.32. The van der Waals surface area contributed by atoms with Crippen LogP contribution in [0.3, 0.4) is 0 Å². The number of carboxylic acid groups (broad SMARTS) is 1. The summed E-state index contributed by atoms with van der Waals surface area (Å²) in [6.07, 6.45) is -4.89. The first-order valence-corrected chi connectivity index (χ1v) is 5.22. The highest BCUT2D eigenvalue weighted by atomic mass is 19.4. The van der Waals surface area contributed by atoms with E-state index in [4.69, 9.17) is 5.11 Å². The average molecular weight is 294 g/mol. The fourth-order valence-electron chi connectivity index (χ4n) is 1.31. The van der Waals surface area contributed by atoms with Gasteiger partial charge in [0.25, 0.3) is 0 Å². The Morgan fingerprint density at radius 3 is 2.45 bits per heavy atom. The lowest BCUT2D eigenvalue weighted by atomic mass is 10.2. The summed E-state index contributed by atoms with van der Waals surface area (Å²) in [6, 6.07) is 1.02. The Balaban J connectivity index is 2.89. The zero-order valence-corrected chi connectivity index (χ0v) is 10.2. The largest absolute Gasteiger partial charge is 0.480 e. The number of carbonyl (C=O) groups is 2. The topological polar surface area (TPSA) is 69.6 Å². The van der Waals surface area contributed by atoms with Crippen molar-refractivity contribution in [3.63, 3.8) is 0 Å². The van der Waals surface area contributed by atoms with Crippen molar-refractivity contribution in [3.05, 3.63) is 29.6 Å². The predicted molar refractivity (Wildman–Crippen MR) is 60.7 cm³/mol. The summed E-state index contributed by atoms with van der Waals surface area (Å²) in [7, 11) is 1.15. The maximum atomic E-state index is 13.0. The Bertz CT molecular complexity index is 531. The third-order valence-corrected chi connectivity index (χ3v) is 2.24. The van der Waals surface area contributed by atoms with Gasteiger partial charge in [0, 0.05) is 12.7 Å². The number of nitrogens with zero attached hydrogens (tertiary/aromatic N) is 1. The van der Waals surface area contributed by atoms with Gasteiger partial charge in [0.1, 0.15) is 12.4 Å². The molecule has 0 saturated carbocycles. The molecule has 5 nitrogen and oxygen atoms in total. The van der Waals surface area contributed by atoms with Crippen LogP contribution >= 0.6 is 0 Å². The van der Waals surface area contributed by atoms with E-state index < -0.39 is 36.1 Å². The Morgan fingerprint density at radius 1 is 1.35 bits per heavy atom. The number of carbonyl (C=O) groups excluding carboxylic acids is 1. The fourth-order valence-corrected chi connectivity index (χ4v) is 1.31. The molecule has 0 spiro atoms. The zero-order chi connectivity index (χ0) is 15.5. The number of alkyl halides is 3. The van der Waals surface area contributed by atoms with Gasteiger partial charge in [-0.15, -0.1) is 0 Å². The maximum absolute atomic E-state index is 13.0. The van der Waals surface area contributed by atoms with E-state index in [1.165, 1.54) is 0 Å². The monoisotopic (exact) mass is 294 g/mol. The second kappa shape index (κ2) is 5.76. The summed E-state index contributed by atoms with van der Waals surface area (Å²) >= 11 is 0. The van der Waals surface area contributed by atoms with Crippen LogP contribution in [0.15, 0.2) is 18.2 Å². The lowest BCUT2D eigenvalue weighted by Gasteiger charge is -2.16. The van der Waals surface area contributed by atoms with Crippen LogP contribution in [0.1, 0.15) is 5.56 Å². The second-order valence-corrected chi connectivity index (χ2v) is 3.87.